The van der Waals surface area contributed by atoms with Crippen LogP contribution in [-0.2, 0) is 4.79 Å². The summed E-state index contributed by atoms with van der Waals surface area (Å²) in [4.78, 5) is 15.3. The number of aromatic nitrogens is 1. The Morgan fingerprint density at radius 3 is 2.56 bits per heavy atom. The van der Waals surface area contributed by atoms with Crippen molar-refractivity contribution in [3.05, 3.63) is 47.7 Å². The fraction of sp³-hybridized carbons (Fsp3) is 0.200. The monoisotopic (exact) mass is 240 g/mol. The van der Waals surface area contributed by atoms with Crippen molar-refractivity contribution in [3.8, 4) is 11.1 Å². The predicted octanol–water partition coefficient (Wildman–Crippen LogP) is 3.32. The number of benzene rings is 1. The number of pyridine rings is 1. The van der Waals surface area contributed by atoms with E-state index in [1.165, 1.54) is 12.5 Å². The maximum Gasteiger partial charge on any atom is 0.222 e. The van der Waals surface area contributed by atoms with Crippen LogP contribution in [0.3, 0.4) is 0 Å². The van der Waals surface area contributed by atoms with E-state index in [2.05, 4.69) is 35.4 Å². The molecule has 92 valence electrons. The van der Waals surface area contributed by atoms with E-state index in [9.17, 15) is 4.79 Å². The van der Waals surface area contributed by atoms with Gasteiger partial charge in [-0.3, -0.25) is 4.79 Å². The molecule has 0 aliphatic carbocycles. The quantitative estimate of drug-likeness (QED) is 0.874. The molecule has 0 atom stereocenters. The number of hydrogen-bond acceptors (Lipinski definition) is 2. The minimum Gasteiger partial charge on any atom is -0.311 e. The van der Waals surface area contributed by atoms with E-state index in [1.54, 1.807) is 6.20 Å². The second-order valence-electron chi connectivity index (χ2n) is 4.44. The first-order chi connectivity index (χ1) is 8.56. The molecule has 0 saturated heterocycles. The second-order valence-corrected chi connectivity index (χ2v) is 4.44. The van der Waals surface area contributed by atoms with Gasteiger partial charge in [-0.25, -0.2) is 4.98 Å². The van der Waals surface area contributed by atoms with Crippen molar-refractivity contribution in [3.63, 3.8) is 0 Å². The van der Waals surface area contributed by atoms with Crippen molar-refractivity contribution in [1.82, 2.24) is 4.98 Å². The van der Waals surface area contributed by atoms with Gasteiger partial charge in [-0.2, -0.15) is 0 Å². The molecule has 0 radical (unpaired) electrons. The first-order valence-electron chi connectivity index (χ1n) is 5.87. The molecular weight excluding hydrogens is 224 g/mol. The van der Waals surface area contributed by atoms with E-state index < -0.39 is 0 Å². The lowest BCUT2D eigenvalue weighted by molar-refractivity contribution is -0.114. The number of anilines is 1. The lowest BCUT2D eigenvalue weighted by atomic mass is 10.0. The van der Waals surface area contributed by atoms with Crippen LogP contribution >= 0.6 is 0 Å². The Balaban J connectivity index is 2.37. The van der Waals surface area contributed by atoms with E-state index in [4.69, 9.17) is 0 Å². The molecule has 2 aromatic rings. The summed E-state index contributed by atoms with van der Waals surface area (Å²) in [6.45, 7) is 5.49. The van der Waals surface area contributed by atoms with Crippen molar-refractivity contribution in [1.29, 1.82) is 0 Å². The summed E-state index contributed by atoms with van der Waals surface area (Å²) in [7, 11) is 0. The zero-order valence-electron chi connectivity index (χ0n) is 10.8. The molecule has 3 heteroatoms. The zero-order chi connectivity index (χ0) is 13.1. The minimum absolute atomic E-state index is 0.103. The smallest absolute Gasteiger partial charge is 0.222 e. The molecule has 0 aliphatic rings. The third-order valence-electron chi connectivity index (χ3n) is 2.72. The molecule has 0 aliphatic heterocycles. The first-order valence-corrected chi connectivity index (χ1v) is 5.87. The summed E-state index contributed by atoms with van der Waals surface area (Å²) in [6, 6.07) is 10.3. The van der Waals surface area contributed by atoms with Gasteiger partial charge in [-0.15, -0.1) is 0 Å². The topological polar surface area (TPSA) is 42.0 Å². The number of amides is 1. The maximum absolute atomic E-state index is 11.0. The highest BCUT2D eigenvalue weighted by molar-refractivity contribution is 5.88. The molecule has 2 rings (SSSR count). The molecule has 0 unspecified atom stereocenters. The number of aryl methyl sites for hydroxylation is 2. The van der Waals surface area contributed by atoms with Crippen LogP contribution in [0.25, 0.3) is 11.1 Å². The lowest BCUT2D eigenvalue weighted by Gasteiger charge is -2.08. The number of hydrogen-bond donors (Lipinski definition) is 1. The third-order valence-corrected chi connectivity index (χ3v) is 2.72. The Bertz CT molecular complexity index is 591. The van der Waals surface area contributed by atoms with Crippen LogP contribution in [0.15, 0.2) is 36.5 Å². The average molecular weight is 240 g/mol. The van der Waals surface area contributed by atoms with Crippen molar-refractivity contribution in [2.24, 2.45) is 0 Å². The highest BCUT2D eigenvalue weighted by Crippen LogP contribution is 2.23. The Morgan fingerprint density at radius 1 is 1.17 bits per heavy atom. The highest BCUT2D eigenvalue weighted by Gasteiger charge is 2.05. The van der Waals surface area contributed by atoms with Crippen molar-refractivity contribution < 1.29 is 4.79 Å². The van der Waals surface area contributed by atoms with E-state index in [1.807, 2.05) is 19.1 Å². The highest BCUT2D eigenvalue weighted by atomic mass is 16.1. The van der Waals surface area contributed by atoms with Gasteiger partial charge in [0.2, 0.25) is 5.91 Å². The minimum atomic E-state index is -0.103. The molecular formula is C15H16N2O. The van der Waals surface area contributed by atoms with Crippen molar-refractivity contribution in [2.45, 2.75) is 20.8 Å². The first kappa shape index (κ1) is 12.3. The van der Waals surface area contributed by atoms with E-state index >= 15 is 0 Å². The summed E-state index contributed by atoms with van der Waals surface area (Å²) >= 11 is 0. The molecule has 0 spiro atoms. The standard InChI is InChI=1S/C15H16N2O/c1-10-5-4-6-13(7-10)14-8-11(2)15(16-9-14)17-12(3)18/h4-9H,1-3H3,(H,16,17,18). The summed E-state index contributed by atoms with van der Waals surface area (Å²) in [5.74, 6) is 0.521. The molecule has 1 amide bonds. The molecule has 1 aromatic heterocycles. The Kier molecular flexibility index (Phi) is 3.42. The summed E-state index contributed by atoms with van der Waals surface area (Å²) < 4.78 is 0. The predicted molar refractivity (Wildman–Crippen MR) is 73.5 cm³/mol. The number of nitrogens with one attached hydrogen (secondary N) is 1. The lowest BCUT2D eigenvalue weighted by Crippen LogP contribution is -2.08. The van der Waals surface area contributed by atoms with Crippen LogP contribution in [0.4, 0.5) is 5.82 Å². The van der Waals surface area contributed by atoms with Gasteiger partial charge in [0.05, 0.1) is 0 Å². The number of carbonyl (C=O) groups is 1. The number of nitrogens with zero attached hydrogens (tertiary/aromatic N) is 1. The Hall–Kier alpha value is -2.16. The van der Waals surface area contributed by atoms with Crippen LogP contribution in [0.5, 0.6) is 0 Å². The normalized spacial score (nSPS) is 10.2. The molecule has 0 bridgehead atoms. The Morgan fingerprint density at radius 2 is 1.94 bits per heavy atom. The van der Waals surface area contributed by atoms with Crippen LogP contribution in [0.2, 0.25) is 0 Å². The van der Waals surface area contributed by atoms with Crippen molar-refractivity contribution >= 4 is 11.7 Å². The van der Waals surface area contributed by atoms with Gasteiger partial charge < -0.3 is 5.32 Å². The molecule has 1 N–H and O–H groups in total. The van der Waals surface area contributed by atoms with Gasteiger partial charge in [0.25, 0.3) is 0 Å². The summed E-state index contributed by atoms with van der Waals surface area (Å²) in [5, 5.41) is 2.71. The van der Waals surface area contributed by atoms with Crippen LogP contribution in [-0.4, -0.2) is 10.9 Å². The Labute approximate surface area is 107 Å². The molecule has 1 heterocycles. The van der Waals surface area contributed by atoms with Crippen molar-refractivity contribution in [2.75, 3.05) is 5.32 Å². The van der Waals surface area contributed by atoms with E-state index in [0.29, 0.717) is 5.82 Å². The van der Waals surface area contributed by atoms with Gasteiger partial charge in [0.1, 0.15) is 5.82 Å². The zero-order valence-corrected chi connectivity index (χ0v) is 10.8. The third kappa shape index (κ3) is 2.74. The maximum atomic E-state index is 11.0. The van der Waals surface area contributed by atoms with E-state index in [-0.39, 0.29) is 5.91 Å². The molecule has 18 heavy (non-hydrogen) atoms. The fourth-order valence-electron chi connectivity index (χ4n) is 1.85. The fourth-order valence-corrected chi connectivity index (χ4v) is 1.85. The van der Waals surface area contributed by atoms with Gasteiger partial charge in [0.15, 0.2) is 0 Å². The van der Waals surface area contributed by atoms with Crippen LogP contribution in [0.1, 0.15) is 18.1 Å². The molecule has 1 aromatic carbocycles. The van der Waals surface area contributed by atoms with Crippen LogP contribution < -0.4 is 5.32 Å². The molecule has 0 saturated carbocycles. The van der Waals surface area contributed by atoms with Gasteiger partial charge >= 0.3 is 0 Å². The van der Waals surface area contributed by atoms with Gasteiger partial charge in [0, 0.05) is 18.7 Å². The van der Waals surface area contributed by atoms with Crippen LogP contribution in [0, 0.1) is 13.8 Å². The van der Waals surface area contributed by atoms with E-state index in [0.717, 1.165) is 16.7 Å². The number of rotatable bonds is 2. The van der Waals surface area contributed by atoms with Gasteiger partial charge in [-0.1, -0.05) is 29.8 Å². The molecule has 0 fully saturated rings. The van der Waals surface area contributed by atoms with Gasteiger partial charge in [-0.05, 0) is 31.0 Å². The largest absolute Gasteiger partial charge is 0.311 e. The second kappa shape index (κ2) is 5.00. The average Bonchev–Trinajstić information content (AvgIpc) is 2.31. The summed E-state index contributed by atoms with van der Waals surface area (Å²) in [6.07, 6.45) is 1.78. The summed E-state index contributed by atoms with van der Waals surface area (Å²) in [5.41, 5.74) is 4.38. The number of carbonyl (C=O) groups excluding carboxylic acids is 1. The SMILES string of the molecule is CC(=O)Nc1ncc(-c2cccc(C)c2)cc1C. The molecule has 3 nitrogen and oxygen atoms in total.